The molecule has 9 heteroatoms. The van der Waals surface area contributed by atoms with Crippen LogP contribution in [0.1, 0.15) is 15.9 Å². The van der Waals surface area contributed by atoms with Gasteiger partial charge in [0.25, 0.3) is 0 Å². The van der Waals surface area contributed by atoms with Gasteiger partial charge in [0.05, 0.1) is 14.2 Å². The van der Waals surface area contributed by atoms with Gasteiger partial charge >= 0.3 is 6.61 Å². The minimum atomic E-state index is -3.08. The zero-order valence-electron chi connectivity index (χ0n) is 15.4. The molecule has 0 saturated heterocycles. The number of benzene rings is 2. The van der Waals surface area contributed by atoms with Crippen LogP contribution < -0.4 is 23.7 Å². The quantitative estimate of drug-likeness (QED) is 0.395. The molecule has 150 valence electrons. The molecule has 0 unspecified atom stereocenters. The first-order valence-electron chi connectivity index (χ1n) is 8.23. The molecule has 0 radical (unpaired) electrons. The SMILES string of the molecule is COc1cc(C=C(C#N)C(=O)c2ccc3c(c2)OCO3)cc(OC)c1OC(F)F. The minimum Gasteiger partial charge on any atom is -0.493 e. The van der Waals surface area contributed by atoms with Crippen molar-refractivity contribution in [3.63, 3.8) is 0 Å². The third-order valence-corrected chi connectivity index (χ3v) is 4.00. The number of hydrogen-bond acceptors (Lipinski definition) is 7. The number of hydrogen-bond donors (Lipinski definition) is 0. The number of fused-ring (bicyclic) bond motifs is 1. The van der Waals surface area contributed by atoms with Gasteiger partial charge in [-0.1, -0.05) is 0 Å². The molecule has 1 aliphatic heterocycles. The van der Waals surface area contributed by atoms with E-state index >= 15 is 0 Å². The number of allylic oxidation sites excluding steroid dienone is 1. The zero-order chi connectivity index (χ0) is 21.0. The van der Waals surface area contributed by atoms with Crippen molar-refractivity contribution in [1.29, 1.82) is 5.26 Å². The fraction of sp³-hybridized carbons (Fsp3) is 0.200. The molecule has 0 bridgehead atoms. The van der Waals surface area contributed by atoms with Crippen LogP contribution >= 0.6 is 0 Å². The van der Waals surface area contributed by atoms with Gasteiger partial charge in [-0.2, -0.15) is 14.0 Å². The van der Waals surface area contributed by atoms with Crippen LogP contribution in [0, 0.1) is 11.3 Å². The third kappa shape index (κ3) is 4.21. The molecule has 2 aromatic carbocycles. The number of ketones is 1. The van der Waals surface area contributed by atoms with Crippen molar-refractivity contribution in [3.8, 4) is 34.8 Å². The number of rotatable bonds is 7. The number of carbonyl (C=O) groups excluding carboxylic acids is 1. The summed E-state index contributed by atoms with van der Waals surface area (Å²) < 4.78 is 50.3. The van der Waals surface area contributed by atoms with Gasteiger partial charge < -0.3 is 23.7 Å². The Morgan fingerprint density at radius 2 is 1.79 bits per heavy atom. The molecule has 0 N–H and O–H groups in total. The molecule has 0 amide bonds. The van der Waals surface area contributed by atoms with Crippen LogP contribution in [-0.4, -0.2) is 33.4 Å². The van der Waals surface area contributed by atoms with Gasteiger partial charge in [0.1, 0.15) is 11.6 Å². The van der Waals surface area contributed by atoms with Gasteiger partial charge in [-0.05, 0) is 42.0 Å². The van der Waals surface area contributed by atoms with E-state index in [0.29, 0.717) is 17.1 Å². The van der Waals surface area contributed by atoms with Crippen LogP contribution in [0.3, 0.4) is 0 Å². The van der Waals surface area contributed by atoms with Crippen molar-refractivity contribution in [3.05, 3.63) is 47.0 Å². The van der Waals surface area contributed by atoms with E-state index in [9.17, 15) is 18.8 Å². The second kappa shape index (κ2) is 8.48. The summed E-state index contributed by atoms with van der Waals surface area (Å²) in [6.45, 7) is -3.03. The van der Waals surface area contributed by atoms with E-state index in [-0.39, 0.29) is 35.2 Å². The van der Waals surface area contributed by atoms with Crippen LogP contribution in [0.2, 0.25) is 0 Å². The molecule has 0 aromatic heterocycles. The highest BCUT2D eigenvalue weighted by Gasteiger charge is 2.21. The summed E-state index contributed by atoms with van der Waals surface area (Å²) >= 11 is 0. The topological polar surface area (TPSA) is 87.0 Å². The second-order valence-corrected chi connectivity index (χ2v) is 5.70. The van der Waals surface area contributed by atoms with Gasteiger partial charge in [0.15, 0.2) is 23.0 Å². The van der Waals surface area contributed by atoms with Crippen molar-refractivity contribution >= 4 is 11.9 Å². The highest BCUT2D eigenvalue weighted by atomic mass is 19.3. The van der Waals surface area contributed by atoms with E-state index in [4.69, 9.17) is 18.9 Å². The maximum Gasteiger partial charge on any atom is 0.387 e. The van der Waals surface area contributed by atoms with E-state index in [1.54, 1.807) is 6.07 Å². The molecule has 29 heavy (non-hydrogen) atoms. The number of nitriles is 1. The van der Waals surface area contributed by atoms with Crippen molar-refractivity contribution in [1.82, 2.24) is 0 Å². The molecular formula is C20H15F2NO6. The Morgan fingerprint density at radius 3 is 2.38 bits per heavy atom. The van der Waals surface area contributed by atoms with Gasteiger partial charge in [-0.25, -0.2) is 0 Å². The number of ether oxygens (including phenoxy) is 5. The highest BCUT2D eigenvalue weighted by molar-refractivity contribution is 6.14. The van der Waals surface area contributed by atoms with E-state index in [0.717, 1.165) is 0 Å². The first-order valence-corrected chi connectivity index (χ1v) is 8.23. The lowest BCUT2D eigenvalue weighted by atomic mass is 10.0. The lowest BCUT2D eigenvalue weighted by molar-refractivity contribution is -0.0526. The summed E-state index contributed by atoms with van der Waals surface area (Å²) in [6, 6.07) is 9.12. The summed E-state index contributed by atoms with van der Waals surface area (Å²) in [5, 5.41) is 9.46. The van der Waals surface area contributed by atoms with Gasteiger partial charge in [0, 0.05) is 5.56 Å². The van der Waals surface area contributed by atoms with Crippen molar-refractivity contribution in [2.75, 3.05) is 21.0 Å². The maximum atomic E-state index is 12.7. The predicted molar refractivity (Wildman–Crippen MR) is 96.7 cm³/mol. The average molecular weight is 403 g/mol. The number of alkyl halides is 2. The first kappa shape index (κ1) is 19.9. The summed E-state index contributed by atoms with van der Waals surface area (Å²) in [5.41, 5.74) is 0.375. The fourth-order valence-corrected chi connectivity index (χ4v) is 2.70. The fourth-order valence-electron chi connectivity index (χ4n) is 2.70. The van der Waals surface area contributed by atoms with Gasteiger partial charge in [-0.15, -0.1) is 0 Å². The molecular weight excluding hydrogens is 388 g/mol. The Morgan fingerprint density at radius 1 is 1.14 bits per heavy atom. The predicted octanol–water partition coefficient (Wildman–Crippen LogP) is 3.82. The normalized spacial score (nSPS) is 12.5. The van der Waals surface area contributed by atoms with E-state index in [2.05, 4.69) is 4.74 Å². The Kier molecular flexibility index (Phi) is 5.83. The van der Waals surface area contributed by atoms with Gasteiger partial charge in [-0.3, -0.25) is 4.79 Å². The summed E-state index contributed by atoms with van der Waals surface area (Å²) in [7, 11) is 2.53. The standard InChI is InChI=1S/C20H15F2NO6/c1-25-16-6-11(7-17(26-2)19(16)29-20(21)22)5-13(9-23)18(24)12-3-4-14-15(8-12)28-10-27-14/h3-8,20H,10H2,1-2H3. The van der Waals surface area contributed by atoms with Crippen molar-refractivity contribution in [2.45, 2.75) is 6.61 Å². The van der Waals surface area contributed by atoms with E-state index in [1.807, 2.05) is 6.07 Å². The zero-order valence-corrected chi connectivity index (χ0v) is 15.4. The molecule has 3 rings (SSSR count). The second-order valence-electron chi connectivity index (χ2n) is 5.70. The number of halogens is 2. The van der Waals surface area contributed by atoms with Crippen LogP contribution in [0.5, 0.6) is 28.7 Å². The Balaban J connectivity index is 1.98. The van der Waals surface area contributed by atoms with Crippen LogP contribution in [0.15, 0.2) is 35.9 Å². The first-order chi connectivity index (χ1) is 14.0. The molecule has 7 nitrogen and oxygen atoms in total. The van der Waals surface area contributed by atoms with Crippen molar-refractivity contribution < 1.29 is 37.3 Å². The van der Waals surface area contributed by atoms with E-state index < -0.39 is 12.4 Å². The Hall–Kier alpha value is -3.80. The average Bonchev–Trinajstić information content (AvgIpc) is 3.19. The number of carbonyl (C=O) groups is 1. The van der Waals surface area contributed by atoms with Crippen LogP contribution in [0.4, 0.5) is 8.78 Å². The largest absolute Gasteiger partial charge is 0.493 e. The smallest absolute Gasteiger partial charge is 0.387 e. The van der Waals surface area contributed by atoms with Crippen molar-refractivity contribution in [2.24, 2.45) is 0 Å². The molecule has 0 saturated carbocycles. The summed E-state index contributed by atoms with van der Waals surface area (Å²) in [4.78, 5) is 12.7. The highest BCUT2D eigenvalue weighted by Crippen LogP contribution is 2.40. The molecule has 2 aromatic rings. The molecule has 0 fully saturated rings. The summed E-state index contributed by atoms with van der Waals surface area (Å²) in [6.07, 6.45) is 1.30. The molecule has 0 spiro atoms. The lowest BCUT2D eigenvalue weighted by Crippen LogP contribution is -2.06. The summed E-state index contributed by atoms with van der Waals surface area (Å²) in [5.74, 6) is 0.00457. The molecule has 1 aliphatic rings. The molecule has 0 atom stereocenters. The Bertz CT molecular complexity index is 988. The number of nitrogens with zero attached hydrogens (tertiary/aromatic N) is 1. The van der Waals surface area contributed by atoms with Gasteiger partial charge in [0.2, 0.25) is 18.3 Å². The van der Waals surface area contributed by atoms with Crippen LogP contribution in [-0.2, 0) is 0 Å². The van der Waals surface area contributed by atoms with Crippen LogP contribution in [0.25, 0.3) is 6.08 Å². The van der Waals surface area contributed by atoms with E-state index in [1.165, 1.54) is 44.6 Å². The minimum absolute atomic E-state index is 0.0382. The number of methoxy groups -OCH3 is 2. The lowest BCUT2D eigenvalue weighted by Gasteiger charge is -2.14. The molecule has 0 aliphatic carbocycles. The third-order valence-electron chi connectivity index (χ3n) is 4.00. The monoisotopic (exact) mass is 403 g/mol. The Labute approximate surface area is 164 Å². The molecule has 1 heterocycles. The number of Topliss-reactive ketones (excluding diaryl/α,β-unsaturated/α-hetero) is 1. The maximum absolute atomic E-state index is 12.7.